The Labute approximate surface area is 209 Å². The molecule has 1 atom stereocenters. The van der Waals surface area contributed by atoms with Gasteiger partial charge in [-0.2, -0.15) is 23.4 Å². The number of nitrogens with one attached hydrogen (secondary N) is 1. The van der Waals surface area contributed by atoms with Gasteiger partial charge in [0.15, 0.2) is 5.82 Å². The number of nitriles is 1. The van der Waals surface area contributed by atoms with Crippen LogP contribution in [0.4, 0.5) is 30.6 Å². The minimum Gasteiger partial charge on any atom is -0.436 e. The fourth-order valence-electron chi connectivity index (χ4n) is 4.23. The van der Waals surface area contributed by atoms with Crippen LogP contribution < -0.4 is 19.9 Å². The summed E-state index contributed by atoms with van der Waals surface area (Å²) in [6.45, 7) is 2.74. The van der Waals surface area contributed by atoms with Crippen LogP contribution in [0, 0.1) is 11.3 Å². The summed E-state index contributed by atoms with van der Waals surface area (Å²) in [6, 6.07) is 5.11. The van der Waals surface area contributed by atoms with E-state index in [2.05, 4.69) is 25.3 Å². The number of anilines is 3. The largest absolute Gasteiger partial charge is 0.436 e. The molecule has 0 bridgehead atoms. The summed E-state index contributed by atoms with van der Waals surface area (Å²) in [6.07, 6.45) is -0.606. The number of amides is 1. The topological polar surface area (TPSA) is 120 Å². The molecule has 190 valence electrons. The van der Waals surface area contributed by atoms with Crippen LogP contribution in [-0.2, 0) is 23.9 Å². The van der Waals surface area contributed by atoms with E-state index < -0.39 is 11.9 Å². The van der Waals surface area contributed by atoms with Gasteiger partial charge >= 0.3 is 6.18 Å². The summed E-state index contributed by atoms with van der Waals surface area (Å²) in [5.41, 5.74) is 1.25. The number of ether oxygens (including phenoxy) is 1. The molecule has 0 unspecified atom stereocenters. The summed E-state index contributed by atoms with van der Waals surface area (Å²) < 4.78 is 43.6. The van der Waals surface area contributed by atoms with Crippen LogP contribution in [0.25, 0.3) is 0 Å². The van der Waals surface area contributed by atoms with Crippen LogP contribution in [0.2, 0.25) is 0 Å². The molecule has 37 heavy (non-hydrogen) atoms. The number of aromatic nitrogens is 4. The standard InChI is InChI=1S/C24H21F3N8O2/c1-13-22(36)35-7-3-4-17-19(35)20(34(13)2)33-23(32-17)31-11-14-8-15(9-28)21(30-10-14)37-16-5-6-18(29-12-16)24(25,26)27/h5-6,8,10,12-13H,3-4,7,11H2,1-2H3,(H,31,32,33)/t13-/m0/s1. The van der Waals surface area contributed by atoms with Gasteiger partial charge in [-0.3, -0.25) is 4.79 Å². The second kappa shape index (κ2) is 9.20. The van der Waals surface area contributed by atoms with Gasteiger partial charge < -0.3 is 19.9 Å². The van der Waals surface area contributed by atoms with Crippen molar-refractivity contribution in [2.24, 2.45) is 0 Å². The average Bonchev–Trinajstić information content (AvgIpc) is 2.89. The summed E-state index contributed by atoms with van der Waals surface area (Å²) in [7, 11) is 1.83. The second-order valence-corrected chi connectivity index (χ2v) is 8.69. The minimum atomic E-state index is -4.56. The van der Waals surface area contributed by atoms with Gasteiger partial charge in [-0.05, 0) is 43.5 Å². The Morgan fingerprint density at radius 2 is 2.05 bits per heavy atom. The minimum absolute atomic E-state index is 0.0187. The lowest BCUT2D eigenvalue weighted by Crippen LogP contribution is -2.53. The molecule has 1 N–H and O–H groups in total. The normalized spacial score (nSPS) is 16.8. The third kappa shape index (κ3) is 4.57. The van der Waals surface area contributed by atoms with Crippen molar-refractivity contribution < 1.29 is 22.7 Å². The van der Waals surface area contributed by atoms with E-state index in [4.69, 9.17) is 4.74 Å². The number of pyridine rings is 2. The summed E-state index contributed by atoms with van der Waals surface area (Å²) in [4.78, 5) is 33.0. The van der Waals surface area contributed by atoms with E-state index in [-0.39, 0.29) is 35.7 Å². The van der Waals surface area contributed by atoms with Gasteiger partial charge in [0.05, 0.1) is 11.9 Å². The molecule has 2 aliphatic rings. The van der Waals surface area contributed by atoms with Crippen molar-refractivity contribution in [2.45, 2.75) is 38.5 Å². The van der Waals surface area contributed by atoms with Crippen molar-refractivity contribution in [3.8, 4) is 17.7 Å². The predicted octanol–water partition coefficient (Wildman–Crippen LogP) is 3.68. The van der Waals surface area contributed by atoms with Gasteiger partial charge in [0.25, 0.3) is 0 Å². The van der Waals surface area contributed by atoms with E-state index in [0.29, 0.717) is 23.9 Å². The molecule has 5 heterocycles. The van der Waals surface area contributed by atoms with Crippen molar-refractivity contribution in [1.82, 2.24) is 19.9 Å². The van der Waals surface area contributed by atoms with E-state index >= 15 is 0 Å². The second-order valence-electron chi connectivity index (χ2n) is 8.69. The average molecular weight is 510 g/mol. The molecule has 3 aromatic rings. The molecule has 10 nitrogen and oxygen atoms in total. The molecular formula is C24H21F3N8O2. The number of likely N-dealkylation sites (N-methyl/N-ethyl adjacent to an activating group) is 1. The number of halogens is 3. The summed E-state index contributed by atoms with van der Waals surface area (Å²) in [5, 5.41) is 12.7. The maximum atomic E-state index is 12.7. The number of alkyl halides is 3. The molecule has 0 aromatic carbocycles. The lowest BCUT2D eigenvalue weighted by molar-refractivity contribution is -0.141. The van der Waals surface area contributed by atoms with Crippen molar-refractivity contribution in [3.05, 3.63) is 53.1 Å². The Balaban J connectivity index is 1.33. The first-order valence-corrected chi connectivity index (χ1v) is 11.4. The van der Waals surface area contributed by atoms with Gasteiger partial charge in [0, 0.05) is 26.3 Å². The number of carbonyl (C=O) groups is 1. The Kier molecular flexibility index (Phi) is 6.02. The molecule has 0 radical (unpaired) electrons. The third-order valence-electron chi connectivity index (χ3n) is 6.26. The molecule has 0 fully saturated rings. The molecule has 3 aromatic heterocycles. The first-order chi connectivity index (χ1) is 17.7. The Morgan fingerprint density at radius 3 is 2.76 bits per heavy atom. The van der Waals surface area contributed by atoms with Crippen molar-refractivity contribution in [2.75, 3.05) is 28.7 Å². The van der Waals surface area contributed by atoms with E-state index in [1.165, 1.54) is 6.20 Å². The zero-order valence-corrected chi connectivity index (χ0v) is 19.9. The molecule has 0 spiro atoms. The smallest absolute Gasteiger partial charge is 0.433 e. The van der Waals surface area contributed by atoms with E-state index in [1.54, 1.807) is 11.0 Å². The van der Waals surface area contributed by atoms with Crippen molar-refractivity contribution in [1.29, 1.82) is 5.26 Å². The predicted molar refractivity (Wildman–Crippen MR) is 126 cm³/mol. The van der Waals surface area contributed by atoms with Crippen LogP contribution in [0.3, 0.4) is 0 Å². The van der Waals surface area contributed by atoms with Gasteiger partial charge in [0.2, 0.25) is 17.7 Å². The summed E-state index contributed by atoms with van der Waals surface area (Å²) in [5.74, 6) is 1.07. The Hall–Kier alpha value is -4.47. The first kappa shape index (κ1) is 24.2. The van der Waals surface area contributed by atoms with Crippen LogP contribution in [0.1, 0.15) is 35.9 Å². The van der Waals surface area contributed by atoms with Crippen molar-refractivity contribution in [3.63, 3.8) is 0 Å². The molecule has 2 aliphatic heterocycles. The fraction of sp³-hybridized carbons (Fsp3) is 0.333. The van der Waals surface area contributed by atoms with Gasteiger partial charge in [-0.1, -0.05) is 0 Å². The molecule has 13 heteroatoms. The number of aryl methyl sites for hydroxylation is 1. The summed E-state index contributed by atoms with van der Waals surface area (Å²) >= 11 is 0. The lowest BCUT2D eigenvalue weighted by atomic mass is 10.0. The van der Waals surface area contributed by atoms with E-state index in [1.807, 2.05) is 24.9 Å². The van der Waals surface area contributed by atoms with Gasteiger partial charge in [-0.15, -0.1) is 0 Å². The molecule has 0 saturated carbocycles. The van der Waals surface area contributed by atoms with E-state index in [0.717, 1.165) is 42.6 Å². The SMILES string of the molecule is C[C@H]1C(=O)N2CCCc3nc(NCc4cnc(Oc5ccc(C(F)(F)F)nc5)c(C#N)c4)nc(c32)N1C. The molecule has 0 aliphatic carbocycles. The maximum absolute atomic E-state index is 12.7. The highest BCUT2D eigenvalue weighted by Crippen LogP contribution is 2.39. The molecule has 5 rings (SSSR count). The van der Waals surface area contributed by atoms with E-state index in [9.17, 15) is 23.2 Å². The van der Waals surface area contributed by atoms with Crippen LogP contribution in [0.5, 0.6) is 11.6 Å². The highest BCUT2D eigenvalue weighted by atomic mass is 19.4. The van der Waals surface area contributed by atoms with Gasteiger partial charge in [0.1, 0.15) is 34.8 Å². The zero-order valence-electron chi connectivity index (χ0n) is 19.9. The number of carbonyl (C=O) groups excluding carboxylic acids is 1. The lowest BCUT2D eigenvalue weighted by Gasteiger charge is -2.41. The van der Waals surface area contributed by atoms with Gasteiger partial charge in [-0.25, -0.2) is 15.0 Å². The monoisotopic (exact) mass is 510 g/mol. The van der Waals surface area contributed by atoms with Crippen LogP contribution in [0.15, 0.2) is 30.6 Å². The quantitative estimate of drug-likeness (QED) is 0.548. The van der Waals surface area contributed by atoms with Crippen LogP contribution in [-0.4, -0.2) is 45.5 Å². The highest BCUT2D eigenvalue weighted by Gasteiger charge is 2.38. The Morgan fingerprint density at radius 1 is 1.24 bits per heavy atom. The highest BCUT2D eigenvalue weighted by molar-refractivity contribution is 6.05. The first-order valence-electron chi connectivity index (χ1n) is 11.4. The van der Waals surface area contributed by atoms with Crippen LogP contribution >= 0.6 is 0 Å². The zero-order chi connectivity index (χ0) is 26.3. The molecular weight excluding hydrogens is 489 g/mol. The Bertz CT molecular complexity index is 1400. The number of nitrogens with zero attached hydrogens (tertiary/aromatic N) is 7. The molecule has 1 amide bonds. The number of hydrogen-bond donors (Lipinski definition) is 1. The third-order valence-corrected chi connectivity index (χ3v) is 6.26. The molecule has 0 saturated heterocycles. The maximum Gasteiger partial charge on any atom is 0.433 e. The fourth-order valence-corrected chi connectivity index (χ4v) is 4.23. The van der Waals surface area contributed by atoms with Crippen molar-refractivity contribution >= 4 is 23.4 Å². The number of hydrogen-bond acceptors (Lipinski definition) is 9. The number of rotatable bonds is 5.